The summed E-state index contributed by atoms with van der Waals surface area (Å²) in [6.45, 7) is 2.95. The Morgan fingerprint density at radius 1 is 1.42 bits per heavy atom. The maximum atomic E-state index is 13.5. The summed E-state index contributed by atoms with van der Waals surface area (Å²) in [5.74, 6) is -2.04. The Balaban J connectivity index is 2.64. The van der Waals surface area contributed by atoms with Gasteiger partial charge in [-0.3, -0.25) is 9.59 Å². The SMILES string of the molecule is CC(C)(CNC(=O)Cc1c(F)cccc1Cl)C(=O)O. The molecule has 4 nitrogen and oxygen atoms in total. The lowest BCUT2D eigenvalue weighted by Gasteiger charge is -2.19. The van der Waals surface area contributed by atoms with Crippen LogP contribution in [0.15, 0.2) is 18.2 Å². The van der Waals surface area contributed by atoms with Crippen LogP contribution in [-0.4, -0.2) is 23.5 Å². The Bertz CT molecular complexity index is 482. The Hall–Kier alpha value is -1.62. The van der Waals surface area contributed by atoms with Gasteiger partial charge < -0.3 is 10.4 Å². The fraction of sp³-hybridized carbons (Fsp3) is 0.385. The van der Waals surface area contributed by atoms with Crippen molar-refractivity contribution in [3.63, 3.8) is 0 Å². The van der Waals surface area contributed by atoms with Gasteiger partial charge in [0.25, 0.3) is 0 Å². The van der Waals surface area contributed by atoms with Crippen molar-refractivity contribution in [3.8, 4) is 0 Å². The summed E-state index contributed by atoms with van der Waals surface area (Å²) in [4.78, 5) is 22.5. The number of carboxylic acids is 1. The zero-order valence-corrected chi connectivity index (χ0v) is 11.4. The molecule has 2 N–H and O–H groups in total. The van der Waals surface area contributed by atoms with E-state index in [2.05, 4.69) is 5.32 Å². The van der Waals surface area contributed by atoms with Crippen LogP contribution in [0.5, 0.6) is 0 Å². The van der Waals surface area contributed by atoms with Gasteiger partial charge >= 0.3 is 5.97 Å². The van der Waals surface area contributed by atoms with Crippen molar-refractivity contribution in [3.05, 3.63) is 34.6 Å². The summed E-state index contributed by atoms with van der Waals surface area (Å²) in [5, 5.41) is 11.5. The Labute approximate surface area is 115 Å². The van der Waals surface area contributed by atoms with E-state index in [9.17, 15) is 14.0 Å². The molecule has 1 aromatic carbocycles. The van der Waals surface area contributed by atoms with E-state index in [4.69, 9.17) is 16.7 Å². The number of carbonyl (C=O) groups is 2. The lowest BCUT2D eigenvalue weighted by Crippen LogP contribution is -2.39. The molecule has 0 atom stereocenters. The minimum absolute atomic E-state index is 0.0345. The van der Waals surface area contributed by atoms with Gasteiger partial charge in [0.15, 0.2) is 0 Å². The number of rotatable bonds is 5. The van der Waals surface area contributed by atoms with Crippen LogP contribution in [0.1, 0.15) is 19.4 Å². The van der Waals surface area contributed by atoms with Crippen molar-refractivity contribution in [1.29, 1.82) is 0 Å². The Morgan fingerprint density at radius 3 is 2.58 bits per heavy atom. The third kappa shape index (κ3) is 4.21. The number of hydrogen-bond donors (Lipinski definition) is 2. The second-order valence-corrected chi connectivity index (χ2v) is 5.25. The fourth-order valence-electron chi connectivity index (χ4n) is 1.32. The molecule has 0 aromatic heterocycles. The van der Waals surface area contributed by atoms with E-state index >= 15 is 0 Å². The van der Waals surface area contributed by atoms with Crippen LogP contribution in [0, 0.1) is 11.2 Å². The summed E-state index contributed by atoms with van der Waals surface area (Å²) < 4.78 is 13.5. The van der Waals surface area contributed by atoms with Gasteiger partial charge in [0.2, 0.25) is 5.91 Å². The monoisotopic (exact) mass is 287 g/mol. The molecule has 19 heavy (non-hydrogen) atoms. The van der Waals surface area contributed by atoms with Crippen molar-refractivity contribution >= 4 is 23.5 Å². The average molecular weight is 288 g/mol. The number of hydrogen-bond acceptors (Lipinski definition) is 2. The molecule has 0 aliphatic rings. The molecule has 104 valence electrons. The van der Waals surface area contributed by atoms with Crippen molar-refractivity contribution < 1.29 is 19.1 Å². The zero-order valence-electron chi connectivity index (χ0n) is 10.7. The highest BCUT2D eigenvalue weighted by atomic mass is 35.5. The fourth-order valence-corrected chi connectivity index (χ4v) is 1.55. The van der Waals surface area contributed by atoms with E-state index in [1.165, 1.54) is 32.0 Å². The van der Waals surface area contributed by atoms with Crippen molar-refractivity contribution in [2.24, 2.45) is 5.41 Å². The standard InChI is InChI=1S/C13H15ClFNO3/c1-13(2,12(18)19)7-16-11(17)6-8-9(14)4-3-5-10(8)15/h3-5H,6-7H2,1-2H3,(H,16,17)(H,18,19). The lowest BCUT2D eigenvalue weighted by molar-refractivity contribution is -0.146. The quantitative estimate of drug-likeness (QED) is 0.873. The second-order valence-electron chi connectivity index (χ2n) is 4.84. The average Bonchev–Trinajstić information content (AvgIpc) is 2.31. The van der Waals surface area contributed by atoms with Crippen LogP contribution >= 0.6 is 11.6 Å². The minimum atomic E-state index is -1.07. The van der Waals surface area contributed by atoms with Crippen LogP contribution in [0.25, 0.3) is 0 Å². The molecule has 0 aliphatic carbocycles. The maximum absolute atomic E-state index is 13.5. The van der Waals surface area contributed by atoms with E-state index in [1.54, 1.807) is 0 Å². The zero-order chi connectivity index (χ0) is 14.6. The number of carboxylic acid groups (broad SMARTS) is 1. The largest absolute Gasteiger partial charge is 0.481 e. The topological polar surface area (TPSA) is 66.4 Å². The first-order valence-electron chi connectivity index (χ1n) is 5.67. The van der Waals surface area contributed by atoms with Gasteiger partial charge in [0.1, 0.15) is 5.82 Å². The predicted octanol–water partition coefficient (Wildman–Crippen LogP) is 2.25. The van der Waals surface area contributed by atoms with E-state index < -0.39 is 23.1 Å². The first-order chi connectivity index (χ1) is 8.74. The van der Waals surface area contributed by atoms with E-state index in [0.29, 0.717) is 0 Å². The summed E-state index contributed by atoms with van der Waals surface area (Å²) in [7, 11) is 0. The number of carbonyl (C=O) groups excluding carboxylic acids is 1. The molecule has 0 aliphatic heterocycles. The van der Waals surface area contributed by atoms with Gasteiger partial charge in [0, 0.05) is 17.1 Å². The summed E-state index contributed by atoms with van der Waals surface area (Å²) in [6, 6.07) is 4.16. The maximum Gasteiger partial charge on any atom is 0.310 e. The van der Waals surface area contributed by atoms with Crippen molar-refractivity contribution in [1.82, 2.24) is 5.32 Å². The van der Waals surface area contributed by atoms with Crippen LogP contribution in [0.2, 0.25) is 5.02 Å². The molecule has 1 aromatic rings. The second kappa shape index (κ2) is 6.02. The van der Waals surface area contributed by atoms with E-state index in [-0.39, 0.29) is 23.6 Å². The molecule has 1 rings (SSSR count). The molecule has 6 heteroatoms. The van der Waals surface area contributed by atoms with Gasteiger partial charge in [-0.1, -0.05) is 17.7 Å². The first-order valence-corrected chi connectivity index (χ1v) is 6.05. The van der Waals surface area contributed by atoms with Crippen LogP contribution < -0.4 is 5.32 Å². The molecule has 0 unspecified atom stereocenters. The summed E-state index contributed by atoms with van der Waals surface area (Å²) in [6.07, 6.45) is -0.221. The molecule has 0 saturated carbocycles. The Morgan fingerprint density at radius 2 is 2.05 bits per heavy atom. The minimum Gasteiger partial charge on any atom is -0.481 e. The van der Waals surface area contributed by atoms with Gasteiger partial charge in [-0.05, 0) is 26.0 Å². The van der Waals surface area contributed by atoms with Crippen LogP contribution in [-0.2, 0) is 16.0 Å². The first kappa shape index (κ1) is 15.4. The van der Waals surface area contributed by atoms with Crippen molar-refractivity contribution in [2.75, 3.05) is 6.54 Å². The number of nitrogens with one attached hydrogen (secondary N) is 1. The molecule has 0 radical (unpaired) electrons. The molecule has 0 bridgehead atoms. The molecule has 0 heterocycles. The third-order valence-corrected chi connectivity index (χ3v) is 3.06. The molecule has 0 fully saturated rings. The van der Waals surface area contributed by atoms with E-state index in [0.717, 1.165) is 0 Å². The molecular weight excluding hydrogens is 273 g/mol. The van der Waals surface area contributed by atoms with E-state index in [1.807, 2.05) is 0 Å². The predicted molar refractivity (Wildman–Crippen MR) is 69.5 cm³/mol. The lowest BCUT2D eigenvalue weighted by atomic mass is 9.94. The van der Waals surface area contributed by atoms with Gasteiger partial charge in [-0.15, -0.1) is 0 Å². The van der Waals surface area contributed by atoms with Crippen LogP contribution in [0.4, 0.5) is 4.39 Å². The highest BCUT2D eigenvalue weighted by molar-refractivity contribution is 6.31. The number of benzene rings is 1. The molecule has 1 amide bonds. The van der Waals surface area contributed by atoms with Crippen LogP contribution in [0.3, 0.4) is 0 Å². The van der Waals surface area contributed by atoms with Crippen molar-refractivity contribution in [2.45, 2.75) is 20.3 Å². The molecule has 0 spiro atoms. The summed E-state index contributed by atoms with van der Waals surface area (Å²) in [5.41, 5.74) is -0.968. The number of halogens is 2. The third-order valence-electron chi connectivity index (χ3n) is 2.71. The summed E-state index contributed by atoms with van der Waals surface area (Å²) >= 11 is 5.80. The highest BCUT2D eigenvalue weighted by Gasteiger charge is 2.27. The van der Waals surface area contributed by atoms with Gasteiger partial charge in [-0.25, -0.2) is 4.39 Å². The normalized spacial score (nSPS) is 11.2. The Kier molecular flexibility index (Phi) is 4.89. The van der Waals surface area contributed by atoms with Gasteiger partial charge in [-0.2, -0.15) is 0 Å². The molecular formula is C13H15ClFNO3. The number of amides is 1. The highest BCUT2D eigenvalue weighted by Crippen LogP contribution is 2.19. The number of aliphatic carboxylic acids is 1. The molecule has 0 saturated heterocycles. The smallest absolute Gasteiger partial charge is 0.310 e. The van der Waals surface area contributed by atoms with Gasteiger partial charge in [0.05, 0.1) is 11.8 Å².